The van der Waals surface area contributed by atoms with E-state index in [4.69, 9.17) is 5.73 Å². The van der Waals surface area contributed by atoms with Crippen LogP contribution in [0.15, 0.2) is 18.2 Å². The molecule has 2 rings (SSSR count). The van der Waals surface area contributed by atoms with E-state index < -0.39 is 11.9 Å². The van der Waals surface area contributed by atoms with Crippen LogP contribution in [0.25, 0.3) is 0 Å². The molecule has 18 heavy (non-hydrogen) atoms. The molecular formula is C12H14FN3O2. The molecule has 1 aliphatic rings. The fourth-order valence-electron chi connectivity index (χ4n) is 1.99. The molecule has 2 amide bonds. The number of halogens is 1. The molecule has 0 saturated heterocycles. The van der Waals surface area contributed by atoms with Crippen molar-refractivity contribution >= 4 is 17.5 Å². The number of likely N-dealkylation sites (N-methyl/N-ethyl adjacent to an activating group) is 1. The molecule has 0 saturated carbocycles. The Kier molecular flexibility index (Phi) is 3.29. The summed E-state index contributed by atoms with van der Waals surface area (Å²) in [5, 5.41) is 2.59. The highest BCUT2D eigenvalue weighted by Crippen LogP contribution is 2.34. The van der Waals surface area contributed by atoms with Crippen LogP contribution in [0, 0.1) is 5.82 Å². The molecule has 0 bridgehead atoms. The van der Waals surface area contributed by atoms with E-state index >= 15 is 0 Å². The number of anilines is 1. The van der Waals surface area contributed by atoms with Crippen molar-refractivity contribution in [3.8, 4) is 0 Å². The lowest BCUT2D eigenvalue weighted by atomic mass is 10.1. The number of nitrogens with one attached hydrogen (secondary N) is 1. The fourth-order valence-corrected chi connectivity index (χ4v) is 1.99. The highest BCUT2D eigenvalue weighted by Gasteiger charge is 2.35. The van der Waals surface area contributed by atoms with Gasteiger partial charge in [-0.2, -0.15) is 0 Å². The molecule has 1 unspecified atom stereocenters. The quantitative estimate of drug-likeness (QED) is 0.811. The average Bonchev–Trinajstić information content (AvgIpc) is 2.55. The Morgan fingerprint density at radius 1 is 1.56 bits per heavy atom. The van der Waals surface area contributed by atoms with Crippen LogP contribution < -0.4 is 16.0 Å². The Bertz CT molecular complexity index is 504. The Morgan fingerprint density at radius 2 is 2.28 bits per heavy atom. The van der Waals surface area contributed by atoms with Crippen LogP contribution in [-0.4, -0.2) is 24.9 Å². The molecule has 3 N–H and O–H groups in total. The predicted octanol–water partition coefficient (Wildman–Crippen LogP) is 0.308. The van der Waals surface area contributed by atoms with Gasteiger partial charge in [0, 0.05) is 12.1 Å². The third kappa shape index (κ3) is 2.06. The topological polar surface area (TPSA) is 75.4 Å². The third-order valence-electron chi connectivity index (χ3n) is 2.83. The summed E-state index contributed by atoms with van der Waals surface area (Å²) >= 11 is 0. The number of hydrogen-bond donors (Lipinski definition) is 2. The monoisotopic (exact) mass is 251 g/mol. The van der Waals surface area contributed by atoms with Crippen molar-refractivity contribution in [2.75, 3.05) is 18.0 Å². The first-order valence-electron chi connectivity index (χ1n) is 5.67. The largest absolute Gasteiger partial charge is 0.355 e. The predicted molar refractivity (Wildman–Crippen MR) is 64.4 cm³/mol. The second kappa shape index (κ2) is 4.73. The van der Waals surface area contributed by atoms with E-state index in [-0.39, 0.29) is 18.4 Å². The molecule has 0 aliphatic carbocycles. The first-order chi connectivity index (χ1) is 8.54. The molecule has 5 nitrogen and oxygen atoms in total. The van der Waals surface area contributed by atoms with E-state index in [2.05, 4.69) is 5.32 Å². The number of amides is 2. The lowest BCUT2D eigenvalue weighted by Gasteiger charge is -2.16. The van der Waals surface area contributed by atoms with Gasteiger partial charge in [-0.25, -0.2) is 4.39 Å². The Hall–Kier alpha value is -1.95. The summed E-state index contributed by atoms with van der Waals surface area (Å²) in [6.45, 7) is 2.11. The minimum atomic E-state index is -0.824. The smallest absolute Gasteiger partial charge is 0.249 e. The summed E-state index contributed by atoms with van der Waals surface area (Å²) in [6.07, 6.45) is 0. The molecule has 1 heterocycles. The van der Waals surface area contributed by atoms with Crippen LogP contribution in [0.3, 0.4) is 0 Å². The molecule has 0 aromatic heterocycles. The standard InChI is InChI=1S/C12H14FN3O2/c1-2-15-10(17)6-16-9-5-7(13)3-4-8(9)11(14)12(16)18/h3-5,11H,2,6,14H2,1H3,(H,15,17). The van der Waals surface area contributed by atoms with Gasteiger partial charge in [-0.05, 0) is 19.1 Å². The normalized spacial score (nSPS) is 17.8. The number of rotatable bonds is 3. The van der Waals surface area contributed by atoms with Gasteiger partial charge in [0.15, 0.2) is 0 Å². The van der Waals surface area contributed by atoms with Gasteiger partial charge in [-0.3, -0.25) is 9.59 Å². The minimum absolute atomic E-state index is 0.142. The molecule has 6 heteroatoms. The summed E-state index contributed by atoms with van der Waals surface area (Å²) < 4.78 is 13.2. The first-order valence-corrected chi connectivity index (χ1v) is 5.67. The van der Waals surface area contributed by atoms with Crippen molar-refractivity contribution < 1.29 is 14.0 Å². The van der Waals surface area contributed by atoms with Gasteiger partial charge in [0.25, 0.3) is 0 Å². The maximum absolute atomic E-state index is 13.2. The zero-order chi connectivity index (χ0) is 13.3. The third-order valence-corrected chi connectivity index (χ3v) is 2.83. The number of nitrogens with two attached hydrogens (primary N) is 1. The lowest BCUT2D eigenvalue weighted by Crippen LogP contribution is -2.40. The van der Waals surface area contributed by atoms with Crippen molar-refractivity contribution in [2.45, 2.75) is 13.0 Å². The Labute approximate surface area is 104 Å². The summed E-state index contributed by atoms with van der Waals surface area (Å²) in [5.41, 5.74) is 6.66. The van der Waals surface area contributed by atoms with E-state index in [1.165, 1.54) is 23.1 Å². The maximum Gasteiger partial charge on any atom is 0.249 e. The zero-order valence-electron chi connectivity index (χ0n) is 9.94. The summed E-state index contributed by atoms with van der Waals surface area (Å²) in [7, 11) is 0. The molecule has 96 valence electrons. The van der Waals surface area contributed by atoms with Crippen LogP contribution in [0.1, 0.15) is 18.5 Å². The van der Waals surface area contributed by atoms with Gasteiger partial charge in [0.2, 0.25) is 11.8 Å². The van der Waals surface area contributed by atoms with Crippen LogP contribution >= 0.6 is 0 Å². The molecule has 0 spiro atoms. The Morgan fingerprint density at radius 3 is 2.94 bits per heavy atom. The van der Waals surface area contributed by atoms with Crippen LogP contribution in [0.4, 0.5) is 10.1 Å². The van der Waals surface area contributed by atoms with Crippen LogP contribution in [-0.2, 0) is 9.59 Å². The summed E-state index contributed by atoms with van der Waals surface area (Å²) in [6, 6.07) is 3.13. The number of carbonyl (C=O) groups excluding carboxylic acids is 2. The summed E-state index contributed by atoms with van der Waals surface area (Å²) in [4.78, 5) is 24.6. The second-order valence-electron chi connectivity index (χ2n) is 4.06. The van der Waals surface area contributed by atoms with Gasteiger partial charge < -0.3 is 16.0 Å². The van der Waals surface area contributed by atoms with Crippen LogP contribution in [0.5, 0.6) is 0 Å². The van der Waals surface area contributed by atoms with Crippen molar-refractivity contribution in [1.29, 1.82) is 0 Å². The number of hydrogen-bond acceptors (Lipinski definition) is 3. The minimum Gasteiger partial charge on any atom is -0.355 e. The van der Waals surface area contributed by atoms with Crippen molar-refractivity contribution in [3.05, 3.63) is 29.6 Å². The van der Waals surface area contributed by atoms with Gasteiger partial charge >= 0.3 is 0 Å². The van der Waals surface area contributed by atoms with Crippen molar-refractivity contribution in [2.24, 2.45) is 5.73 Å². The SMILES string of the molecule is CCNC(=O)CN1C(=O)C(N)c2ccc(F)cc21. The van der Waals surface area contributed by atoms with Gasteiger partial charge in [-0.15, -0.1) is 0 Å². The molecule has 0 fully saturated rings. The lowest BCUT2D eigenvalue weighted by molar-refractivity contribution is -0.124. The summed E-state index contributed by atoms with van der Waals surface area (Å²) in [5.74, 6) is -1.14. The van der Waals surface area contributed by atoms with E-state index in [1.807, 2.05) is 0 Å². The van der Waals surface area contributed by atoms with E-state index in [0.29, 0.717) is 17.8 Å². The van der Waals surface area contributed by atoms with E-state index in [0.717, 1.165) is 0 Å². The Balaban J connectivity index is 2.30. The van der Waals surface area contributed by atoms with E-state index in [9.17, 15) is 14.0 Å². The number of nitrogens with zero attached hydrogens (tertiary/aromatic N) is 1. The molecule has 1 aromatic carbocycles. The van der Waals surface area contributed by atoms with Gasteiger partial charge in [0.1, 0.15) is 18.4 Å². The van der Waals surface area contributed by atoms with Gasteiger partial charge in [-0.1, -0.05) is 6.07 Å². The maximum atomic E-state index is 13.2. The number of benzene rings is 1. The molecule has 1 atom stereocenters. The number of carbonyl (C=O) groups is 2. The van der Waals surface area contributed by atoms with Crippen molar-refractivity contribution in [1.82, 2.24) is 5.32 Å². The van der Waals surface area contributed by atoms with Crippen LogP contribution in [0.2, 0.25) is 0 Å². The van der Waals surface area contributed by atoms with Gasteiger partial charge in [0.05, 0.1) is 5.69 Å². The molecular weight excluding hydrogens is 237 g/mol. The average molecular weight is 251 g/mol. The highest BCUT2D eigenvalue weighted by molar-refractivity contribution is 6.07. The molecule has 0 radical (unpaired) electrons. The fraction of sp³-hybridized carbons (Fsp3) is 0.333. The first kappa shape index (κ1) is 12.5. The highest BCUT2D eigenvalue weighted by atomic mass is 19.1. The molecule has 1 aliphatic heterocycles. The van der Waals surface area contributed by atoms with Crippen molar-refractivity contribution in [3.63, 3.8) is 0 Å². The number of fused-ring (bicyclic) bond motifs is 1. The van der Waals surface area contributed by atoms with E-state index in [1.54, 1.807) is 6.92 Å². The second-order valence-corrected chi connectivity index (χ2v) is 4.06. The molecule has 1 aromatic rings. The zero-order valence-corrected chi connectivity index (χ0v) is 9.94.